The van der Waals surface area contributed by atoms with E-state index in [1.165, 1.54) is 9.38 Å². The fourth-order valence-corrected chi connectivity index (χ4v) is 5.95. The van der Waals surface area contributed by atoms with Gasteiger partial charge in [0.05, 0.1) is 21.7 Å². The molecule has 11 heteroatoms. The maximum Gasteiger partial charge on any atom is 0.198 e. The zero-order valence-corrected chi connectivity index (χ0v) is 19.3. The summed E-state index contributed by atoms with van der Waals surface area (Å²) in [5.41, 5.74) is 2.04. The van der Waals surface area contributed by atoms with Crippen LogP contribution in [0, 0.1) is 6.92 Å². The molecule has 166 valence electrons. The molecule has 0 aliphatic carbocycles. The van der Waals surface area contributed by atoms with Gasteiger partial charge in [-0.05, 0) is 41.6 Å². The van der Waals surface area contributed by atoms with Gasteiger partial charge in [-0.1, -0.05) is 41.2 Å². The van der Waals surface area contributed by atoms with Crippen LogP contribution < -0.4 is 4.90 Å². The summed E-state index contributed by atoms with van der Waals surface area (Å²) >= 11 is 1.71. The lowest BCUT2D eigenvalue weighted by Gasteiger charge is -2.34. The van der Waals surface area contributed by atoms with Gasteiger partial charge in [-0.15, -0.1) is 5.10 Å². The number of benzene rings is 2. The number of para-hydroxylation sites is 1. The van der Waals surface area contributed by atoms with E-state index in [4.69, 9.17) is 4.98 Å². The van der Waals surface area contributed by atoms with Crippen molar-refractivity contribution in [2.75, 3.05) is 31.1 Å². The Kier molecular flexibility index (Phi) is 5.62. The number of aromatic nitrogens is 5. The molecule has 0 radical (unpaired) electrons. The van der Waals surface area contributed by atoms with Crippen molar-refractivity contribution in [1.29, 1.82) is 0 Å². The van der Waals surface area contributed by atoms with Crippen LogP contribution >= 0.6 is 11.3 Å². The molecule has 0 spiro atoms. The lowest BCUT2D eigenvalue weighted by molar-refractivity contribution is 0.240. The minimum Gasteiger partial charge on any atom is -0.345 e. The molecule has 1 saturated heterocycles. The van der Waals surface area contributed by atoms with Gasteiger partial charge in [-0.2, -0.15) is 0 Å². The van der Waals surface area contributed by atoms with Crippen LogP contribution in [0.5, 0.6) is 0 Å². The summed E-state index contributed by atoms with van der Waals surface area (Å²) in [7, 11) is -3.53. The second-order valence-corrected chi connectivity index (χ2v) is 10.8. The summed E-state index contributed by atoms with van der Waals surface area (Å²) in [6, 6.07) is 15.0. The second kappa shape index (κ2) is 8.57. The Bertz CT molecular complexity index is 1290. The van der Waals surface area contributed by atoms with Crippen LogP contribution in [0.1, 0.15) is 11.4 Å². The molecule has 1 aliphatic rings. The topological polar surface area (TPSA) is 97.1 Å². The SMILES string of the molecule is Cc1ccc(S(=O)(=O)Cn2nnnc2CN2CCN(c3nc4ccccc4s3)CC2)cc1. The highest BCUT2D eigenvalue weighted by Gasteiger charge is 2.23. The number of anilines is 1. The predicted molar refractivity (Wildman–Crippen MR) is 123 cm³/mol. The molecule has 9 nitrogen and oxygen atoms in total. The number of thiazole rings is 1. The van der Waals surface area contributed by atoms with Gasteiger partial charge in [-0.3, -0.25) is 4.90 Å². The third-order valence-corrected chi connectivity index (χ3v) is 8.24. The molecular weight excluding hydrogens is 446 g/mol. The van der Waals surface area contributed by atoms with E-state index < -0.39 is 9.84 Å². The number of aryl methyl sites for hydroxylation is 1. The number of tetrazole rings is 1. The van der Waals surface area contributed by atoms with Crippen LogP contribution in [0.3, 0.4) is 0 Å². The summed E-state index contributed by atoms with van der Waals surface area (Å²) < 4.78 is 28.2. The summed E-state index contributed by atoms with van der Waals surface area (Å²) in [6.07, 6.45) is 0. The van der Waals surface area contributed by atoms with Crippen molar-refractivity contribution < 1.29 is 8.42 Å². The molecule has 0 amide bonds. The van der Waals surface area contributed by atoms with Gasteiger partial charge in [0.2, 0.25) is 0 Å². The van der Waals surface area contributed by atoms with E-state index in [-0.39, 0.29) is 10.8 Å². The first-order valence-electron chi connectivity index (χ1n) is 10.4. The number of hydrogen-bond acceptors (Lipinski definition) is 9. The van der Waals surface area contributed by atoms with Gasteiger partial charge in [0.1, 0.15) is 0 Å². The Morgan fingerprint density at radius 3 is 2.50 bits per heavy atom. The molecule has 0 unspecified atom stereocenters. The van der Waals surface area contributed by atoms with Gasteiger partial charge in [-0.25, -0.2) is 18.1 Å². The normalized spacial score (nSPS) is 15.5. The van der Waals surface area contributed by atoms with E-state index in [2.05, 4.69) is 31.4 Å². The molecule has 0 bridgehead atoms. The van der Waals surface area contributed by atoms with Crippen molar-refractivity contribution in [3.05, 3.63) is 59.9 Å². The number of sulfone groups is 1. The van der Waals surface area contributed by atoms with Crippen molar-refractivity contribution in [1.82, 2.24) is 30.1 Å². The summed E-state index contributed by atoms with van der Waals surface area (Å²) in [5, 5.41) is 12.8. The summed E-state index contributed by atoms with van der Waals surface area (Å²) in [4.78, 5) is 9.56. The molecule has 32 heavy (non-hydrogen) atoms. The van der Waals surface area contributed by atoms with Crippen LogP contribution in [0.15, 0.2) is 53.4 Å². The first-order valence-corrected chi connectivity index (χ1v) is 12.8. The maximum absolute atomic E-state index is 12.8. The maximum atomic E-state index is 12.8. The Labute approximate surface area is 190 Å². The third kappa shape index (κ3) is 4.36. The number of piperazine rings is 1. The van der Waals surface area contributed by atoms with Gasteiger partial charge in [0, 0.05) is 26.2 Å². The lowest BCUT2D eigenvalue weighted by Crippen LogP contribution is -2.46. The smallest absolute Gasteiger partial charge is 0.198 e. The zero-order valence-electron chi connectivity index (χ0n) is 17.6. The van der Waals surface area contributed by atoms with Gasteiger partial charge in [0.25, 0.3) is 0 Å². The average molecular weight is 470 g/mol. The molecule has 2 aromatic heterocycles. The fourth-order valence-electron chi connectivity index (χ4n) is 3.71. The van der Waals surface area contributed by atoms with Crippen molar-refractivity contribution >= 4 is 36.5 Å². The molecule has 4 aromatic rings. The first-order chi connectivity index (χ1) is 15.5. The Hall–Kier alpha value is -2.89. The average Bonchev–Trinajstić information content (AvgIpc) is 3.41. The van der Waals surface area contributed by atoms with E-state index >= 15 is 0 Å². The molecule has 1 aliphatic heterocycles. The van der Waals surface area contributed by atoms with Crippen LogP contribution in [0.2, 0.25) is 0 Å². The van der Waals surface area contributed by atoms with Crippen molar-refractivity contribution in [3.63, 3.8) is 0 Å². The predicted octanol–water partition coefficient (Wildman–Crippen LogP) is 2.34. The Morgan fingerprint density at radius 1 is 1.00 bits per heavy atom. The summed E-state index contributed by atoms with van der Waals surface area (Å²) in [5.74, 6) is 0.276. The van der Waals surface area contributed by atoms with Gasteiger partial charge < -0.3 is 4.90 Å². The highest BCUT2D eigenvalue weighted by molar-refractivity contribution is 7.90. The van der Waals surface area contributed by atoms with E-state index in [9.17, 15) is 8.42 Å². The van der Waals surface area contributed by atoms with E-state index in [1.807, 2.05) is 25.1 Å². The quantitative estimate of drug-likeness (QED) is 0.425. The number of nitrogens with zero attached hydrogens (tertiary/aromatic N) is 7. The van der Waals surface area contributed by atoms with Crippen LogP contribution in [0.25, 0.3) is 10.2 Å². The molecule has 0 saturated carbocycles. The monoisotopic (exact) mass is 469 g/mol. The summed E-state index contributed by atoms with van der Waals surface area (Å²) in [6.45, 7) is 5.78. The van der Waals surface area contributed by atoms with Crippen LogP contribution in [-0.2, 0) is 22.3 Å². The van der Waals surface area contributed by atoms with Gasteiger partial charge >= 0.3 is 0 Å². The van der Waals surface area contributed by atoms with E-state index in [1.54, 1.807) is 35.6 Å². The third-order valence-electron chi connectivity index (χ3n) is 5.57. The van der Waals surface area contributed by atoms with Crippen molar-refractivity contribution in [3.8, 4) is 0 Å². The minimum atomic E-state index is -3.53. The molecule has 0 atom stereocenters. The molecule has 0 N–H and O–H groups in total. The fraction of sp³-hybridized carbons (Fsp3) is 0.333. The van der Waals surface area contributed by atoms with E-state index in [0.29, 0.717) is 12.4 Å². The molecule has 3 heterocycles. The second-order valence-electron chi connectivity index (χ2n) is 7.88. The van der Waals surface area contributed by atoms with Gasteiger partial charge in [0.15, 0.2) is 26.7 Å². The van der Waals surface area contributed by atoms with Crippen molar-refractivity contribution in [2.45, 2.75) is 24.2 Å². The minimum absolute atomic E-state index is 0.272. The standard InChI is InChI=1S/C21H23N7O2S2/c1-16-6-8-17(9-7-16)32(29,30)15-28-20(23-24-25-28)14-26-10-12-27(13-11-26)21-22-18-4-2-3-5-19(18)31-21/h2-9H,10-15H2,1H3. The first kappa shape index (κ1) is 21.0. The lowest BCUT2D eigenvalue weighted by atomic mass is 10.2. The van der Waals surface area contributed by atoms with Crippen LogP contribution in [0.4, 0.5) is 5.13 Å². The number of hydrogen-bond donors (Lipinski definition) is 0. The highest BCUT2D eigenvalue weighted by atomic mass is 32.2. The zero-order chi connectivity index (χ0) is 22.1. The molecular formula is C21H23N7O2S2. The largest absolute Gasteiger partial charge is 0.345 e. The molecule has 1 fully saturated rings. The van der Waals surface area contributed by atoms with E-state index in [0.717, 1.165) is 42.4 Å². The molecule has 2 aromatic carbocycles. The Morgan fingerprint density at radius 2 is 1.75 bits per heavy atom. The number of rotatable bonds is 6. The van der Waals surface area contributed by atoms with Crippen LogP contribution in [-0.4, -0.2) is 64.7 Å². The highest BCUT2D eigenvalue weighted by Crippen LogP contribution is 2.29. The molecule has 5 rings (SSSR count). The number of fused-ring (bicyclic) bond motifs is 1. The van der Waals surface area contributed by atoms with Crippen molar-refractivity contribution in [2.24, 2.45) is 0 Å². The Balaban J connectivity index is 1.23.